The number of aromatic nitrogens is 1. The number of hydrogen-bond acceptors (Lipinski definition) is 3. The Hall–Kier alpha value is -1.69. The van der Waals surface area contributed by atoms with E-state index in [4.69, 9.17) is 35.4 Å². The molecule has 0 aliphatic carbocycles. The molecule has 0 atom stereocenters. The van der Waals surface area contributed by atoms with E-state index in [1.165, 1.54) is 0 Å². The Labute approximate surface area is 131 Å². The number of anilines is 1. The van der Waals surface area contributed by atoms with Gasteiger partial charge in [0.15, 0.2) is 5.11 Å². The molecule has 0 radical (unpaired) electrons. The molecule has 4 nitrogen and oxygen atoms in total. The summed E-state index contributed by atoms with van der Waals surface area (Å²) in [5.41, 5.74) is 4.06. The van der Waals surface area contributed by atoms with Crippen LogP contribution in [0.15, 0.2) is 47.7 Å². The number of pyridine rings is 1. The first kappa shape index (κ1) is 14.7. The lowest BCUT2D eigenvalue weighted by atomic mass is 10.3. The average Bonchev–Trinajstić information content (AvgIpc) is 2.43. The van der Waals surface area contributed by atoms with E-state index in [0.717, 1.165) is 5.69 Å². The largest absolute Gasteiger partial charge is 0.330 e. The van der Waals surface area contributed by atoms with Crippen LogP contribution in [0.25, 0.3) is 0 Å². The molecule has 0 saturated heterocycles. The summed E-state index contributed by atoms with van der Waals surface area (Å²) in [6, 6.07) is 10.6. The Kier molecular flexibility index (Phi) is 5.29. The molecule has 0 unspecified atom stereocenters. The van der Waals surface area contributed by atoms with Gasteiger partial charge in [0.2, 0.25) is 0 Å². The summed E-state index contributed by atoms with van der Waals surface area (Å²) in [7, 11) is 0. The zero-order valence-electron chi connectivity index (χ0n) is 10.2. The lowest BCUT2D eigenvalue weighted by Crippen LogP contribution is -2.24. The van der Waals surface area contributed by atoms with Crippen molar-refractivity contribution < 1.29 is 0 Å². The van der Waals surface area contributed by atoms with Crippen LogP contribution in [0.1, 0.15) is 5.69 Å². The molecule has 0 spiro atoms. The Morgan fingerprint density at radius 2 is 2.10 bits per heavy atom. The second-order valence-corrected chi connectivity index (χ2v) is 4.95. The first-order chi connectivity index (χ1) is 9.65. The third-order valence-corrected chi connectivity index (χ3v) is 2.97. The van der Waals surface area contributed by atoms with Crippen LogP contribution in [0.2, 0.25) is 10.0 Å². The molecule has 2 aromatic rings. The number of nitrogens with zero attached hydrogens (tertiary/aromatic N) is 2. The van der Waals surface area contributed by atoms with Crippen LogP contribution in [0.3, 0.4) is 0 Å². The van der Waals surface area contributed by atoms with E-state index in [0.29, 0.717) is 20.8 Å². The smallest absolute Gasteiger partial charge is 0.191 e. The topological polar surface area (TPSA) is 49.3 Å². The molecular weight excluding hydrogens is 315 g/mol. The Morgan fingerprint density at radius 3 is 2.80 bits per heavy atom. The van der Waals surface area contributed by atoms with Crippen LogP contribution in [0, 0.1) is 0 Å². The SMILES string of the molecule is S=C(N/N=C\c1ccccn1)Nc1ccc(Cl)cc1Cl. The van der Waals surface area contributed by atoms with Gasteiger partial charge in [-0.1, -0.05) is 29.3 Å². The van der Waals surface area contributed by atoms with Crippen molar-refractivity contribution in [2.45, 2.75) is 0 Å². The van der Waals surface area contributed by atoms with Crippen LogP contribution in [-0.2, 0) is 0 Å². The highest BCUT2D eigenvalue weighted by Gasteiger charge is 2.02. The summed E-state index contributed by atoms with van der Waals surface area (Å²) in [4.78, 5) is 4.09. The molecule has 0 aliphatic heterocycles. The monoisotopic (exact) mass is 324 g/mol. The second kappa shape index (κ2) is 7.19. The highest BCUT2D eigenvalue weighted by molar-refractivity contribution is 7.80. The van der Waals surface area contributed by atoms with Gasteiger partial charge in [-0.3, -0.25) is 10.4 Å². The summed E-state index contributed by atoms with van der Waals surface area (Å²) in [5.74, 6) is 0. The molecule has 2 rings (SSSR count). The fourth-order valence-corrected chi connectivity index (χ4v) is 1.97. The van der Waals surface area contributed by atoms with Crippen LogP contribution < -0.4 is 10.7 Å². The summed E-state index contributed by atoms with van der Waals surface area (Å²) >= 11 is 16.9. The number of nitrogens with one attached hydrogen (secondary N) is 2. The van der Waals surface area contributed by atoms with Crippen LogP contribution in [-0.4, -0.2) is 16.3 Å². The van der Waals surface area contributed by atoms with Crippen molar-refractivity contribution in [3.8, 4) is 0 Å². The molecular formula is C13H10Cl2N4S. The van der Waals surface area contributed by atoms with Gasteiger partial charge < -0.3 is 5.32 Å². The van der Waals surface area contributed by atoms with Gasteiger partial charge in [-0.25, -0.2) is 0 Å². The minimum absolute atomic E-state index is 0.321. The number of thiocarbonyl (C=S) groups is 1. The van der Waals surface area contributed by atoms with Crippen molar-refractivity contribution in [1.82, 2.24) is 10.4 Å². The van der Waals surface area contributed by atoms with Crippen LogP contribution in [0.5, 0.6) is 0 Å². The molecule has 1 heterocycles. The lowest BCUT2D eigenvalue weighted by Gasteiger charge is -2.08. The predicted octanol–water partition coefficient (Wildman–Crippen LogP) is 3.71. The van der Waals surface area contributed by atoms with Gasteiger partial charge in [-0.2, -0.15) is 5.10 Å². The van der Waals surface area contributed by atoms with Crippen molar-refractivity contribution in [1.29, 1.82) is 0 Å². The molecule has 1 aromatic heterocycles. The molecule has 0 aliphatic rings. The van der Waals surface area contributed by atoms with Gasteiger partial charge >= 0.3 is 0 Å². The summed E-state index contributed by atoms with van der Waals surface area (Å²) < 4.78 is 0. The molecule has 2 N–H and O–H groups in total. The minimum Gasteiger partial charge on any atom is -0.330 e. The first-order valence-electron chi connectivity index (χ1n) is 5.61. The van der Waals surface area contributed by atoms with E-state index >= 15 is 0 Å². The van der Waals surface area contributed by atoms with Crippen molar-refractivity contribution in [3.05, 3.63) is 58.3 Å². The number of hydrogen-bond donors (Lipinski definition) is 2. The van der Waals surface area contributed by atoms with Crippen LogP contribution >= 0.6 is 35.4 Å². The molecule has 0 bridgehead atoms. The Bertz CT molecular complexity index is 632. The normalized spacial score (nSPS) is 10.5. The zero-order valence-corrected chi connectivity index (χ0v) is 12.5. The van der Waals surface area contributed by atoms with Gasteiger partial charge in [-0.15, -0.1) is 0 Å². The summed E-state index contributed by atoms with van der Waals surface area (Å²) in [5, 5.41) is 8.26. The van der Waals surface area contributed by atoms with Gasteiger partial charge in [-0.05, 0) is 42.5 Å². The molecule has 0 saturated carbocycles. The van der Waals surface area contributed by atoms with Gasteiger partial charge in [0.05, 0.1) is 22.6 Å². The lowest BCUT2D eigenvalue weighted by molar-refractivity contribution is 1.05. The fraction of sp³-hybridized carbons (Fsp3) is 0. The van der Waals surface area contributed by atoms with E-state index < -0.39 is 0 Å². The average molecular weight is 325 g/mol. The third-order valence-electron chi connectivity index (χ3n) is 2.23. The predicted molar refractivity (Wildman–Crippen MR) is 87.6 cm³/mol. The summed E-state index contributed by atoms with van der Waals surface area (Å²) in [6.07, 6.45) is 3.25. The standard InChI is InChI=1S/C13H10Cl2N4S/c14-9-4-5-12(11(15)7-9)18-13(20)19-17-8-10-3-1-2-6-16-10/h1-8H,(H2,18,19,20)/b17-8-. The molecule has 0 amide bonds. The summed E-state index contributed by atoms with van der Waals surface area (Å²) in [6.45, 7) is 0. The van der Waals surface area contributed by atoms with Crippen molar-refractivity contribution in [2.75, 3.05) is 5.32 Å². The van der Waals surface area contributed by atoms with Crippen molar-refractivity contribution in [2.24, 2.45) is 5.10 Å². The maximum Gasteiger partial charge on any atom is 0.191 e. The quantitative estimate of drug-likeness (QED) is 0.513. The minimum atomic E-state index is 0.321. The first-order valence-corrected chi connectivity index (χ1v) is 6.78. The Balaban J connectivity index is 1.91. The van der Waals surface area contributed by atoms with E-state index in [1.807, 2.05) is 18.2 Å². The van der Waals surface area contributed by atoms with E-state index in [9.17, 15) is 0 Å². The van der Waals surface area contributed by atoms with Gasteiger partial charge in [0.25, 0.3) is 0 Å². The highest BCUT2D eigenvalue weighted by atomic mass is 35.5. The third kappa shape index (κ3) is 4.45. The van der Waals surface area contributed by atoms with E-state index in [-0.39, 0.29) is 0 Å². The number of halogens is 2. The number of rotatable bonds is 3. The van der Waals surface area contributed by atoms with Crippen molar-refractivity contribution in [3.63, 3.8) is 0 Å². The van der Waals surface area contributed by atoms with Gasteiger partial charge in [0, 0.05) is 11.2 Å². The second-order valence-electron chi connectivity index (χ2n) is 3.70. The zero-order chi connectivity index (χ0) is 14.4. The number of benzene rings is 1. The Morgan fingerprint density at radius 1 is 1.25 bits per heavy atom. The fourth-order valence-electron chi connectivity index (χ4n) is 1.35. The molecule has 0 fully saturated rings. The van der Waals surface area contributed by atoms with Gasteiger partial charge in [0.1, 0.15) is 0 Å². The van der Waals surface area contributed by atoms with Crippen molar-refractivity contribution >= 4 is 52.4 Å². The molecule has 102 valence electrons. The molecule has 1 aromatic carbocycles. The molecule has 7 heteroatoms. The van der Waals surface area contributed by atoms with E-state index in [2.05, 4.69) is 20.8 Å². The number of hydrazone groups is 1. The highest BCUT2D eigenvalue weighted by Crippen LogP contribution is 2.25. The maximum absolute atomic E-state index is 6.02. The maximum atomic E-state index is 6.02. The van der Waals surface area contributed by atoms with Crippen LogP contribution in [0.4, 0.5) is 5.69 Å². The molecule has 20 heavy (non-hydrogen) atoms. The van der Waals surface area contributed by atoms with E-state index in [1.54, 1.807) is 30.6 Å².